The van der Waals surface area contributed by atoms with Crippen LogP contribution in [0.1, 0.15) is 33.3 Å². The van der Waals surface area contributed by atoms with Gasteiger partial charge in [-0.3, -0.25) is 4.90 Å². The van der Waals surface area contributed by atoms with E-state index in [-0.39, 0.29) is 0 Å². The highest BCUT2D eigenvalue weighted by Crippen LogP contribution is 2.19. The van der Waals surface area contributed by atoms with Crippen molar-refractivity contribution in [1.29, 1.82) is 0 Å². The van der Waals surface area contributed by atoms with Crippen molar-refractivity contribution in [2.45, 2.75) is 51.2 Å². The Hall–Kier alpha value is -1.64. The topological polar surface area (TPSA) is 77.0 Å². The zero-order valence-electron chi connectivity index (χ0n) is 17.9. The highest BCUT2D eigenvalue weighted by atomic mass is 32.2. The molecule has 0 amide bonds. The van der Waals surface area contributed by atoms with Gasteiger partial charge in [0, 0.05) is 45.8 Å². The fraction of sp³-hybridized carbons (Fsp3) is 0.650. The van der Waals surface area contributed by atoms with Crippen LogP contribution < -0.4 is 10.6 Å². The molecule has 1 aromatic rings. The number of nitrogens with zero attached hydrogens (tertiary/aromatic N) is 3. The van der Waals surface area contributed by atoms with Gasteiger partial charge in [-0.2, -0.15) is 0 Å². The van der Waals surface area contributed by atoms with Gasteiger partial charge < -0.3 is 10.6 Å². The van der Waals surface area contributed by atoms with Crippen molar-refractivity contribution >= 4 is 16.0 Å². The molecule has 2 unspecified atom stereocenters. The third kappa shape index (κ3) is 5.68. The van der Waals surface area contributed by atoms with Crippen LogP contribution in [-0.2, 0) is 16.6 Å². The molecular weight excluding hydrogens is 374 g/mol. The molecule has 158 valence electrons. The third-order valence-electron chi connectivity index (χ3n) is 5.16. The van der Waals surface area contributed by atoms with Crippen LogP contribution in [0.2, 0.25) is 0 Å². The van der Waals surface area contributed by atoms with Crippen LogP contribution >= 0.6 is 0 Å². The molecule has 0 aromatic heterocycles. The van der Waals surface area contributed by atoms with E-state index in [0.29, 0.717) is 29.4 Å². The molecule has 0 radical (unpaired) electrons. The summed E-state index contributed by atoms with van der Waals surface area (Å²) in [7, 11) is -0.331. The normalized spacial score (nSPS) is 21.5. The van der Waals surface area contributed by atoms with Gasteiger partial charge in [0.15, 0.2) is 5.96 Å². The van der Waals surface area contributed by atoms with Crippen LogP contribution in [-0.4, -0.2) is 69.4 Å². The molecule has 0 spiro atoms. The number of nitrogens with one attached hydrogen (secondary N) is 2. The van der Waals surface area contributed by atoms with Crippen molar-refractivity contribution in [2.75, 3.05) is 33.7 Å². The van der Waals surface area contributed by atoms with Crippen molar-refractivity contribution in [3.05, 3.63) is 29.8 Å². The van der Waals surface area contributed by atoms with Crippen molar-refractivity contribution < 1.29 is 8.42 Å². The quantitative estimate of drug-likeness (QED) is 0.530. The van der Waals surface area contributed by atoms with Gasteiger partial charge in [0.05, 0.1) is 11.4 Å². The second-order valence-electron chi connectivity index (χ2n) is 7.90. The Kier molecular flexibility index (Phi) is 7.86. The van der Waals surface area contributed by atoms with Crippen LogP contribution in [0.25, 0.3) is 0 Å². The summed E-state index contributed by atoms with van der Waals surface area (Å²) in [5.74, 6) is 1.36. The minimum atomic E-state index is -3.40. The van der Waals surface area contributed by atoms with E-state index in [1.165, 1.54) is 18.4 Å². The molecule has 1 aliphatic heterocycles. The first kappa shape index (κ1) is 22.6. The molecule has 1 aromatic carbocycles. The molecule has 0 bridgehead atoms. The van der Waals surface area contributed by atoms with E-state index >= 15 is 0 Å². The number of rotatable bonds is 7. The zero-order chi connectivity index (χ0) is 20.9. The van der Waals surface area contributed by atoms with Gasteiger partial charge >= 0.3 is 0 Å². The molecule has 1 fully saturated rings. The lowest BCUT2D eigenvalue weighted by atomic mass is 10.1. The Bertz CT molecular complexity index is 759. The minimum Gasteiger partial charge on any atom is -0.357 e. The van der Waals surface area contributed by atoms with Gasteiger partial charge in [0.1, 0.15) is 0 Å². The maximum Gasteiger partial charge on any atom is 0.242 e. The SMILES string of the molecule is CCNC(=NCc1ccc(S(=O)(=O)N(C)C)cc1)NC1CN(C(C)C)CC1C. The van der Waals surface area contributed by atoms with E-state index in [1.54, 1.807) is 12.1 Å². The Balaban J connectivity index is 2.05. The molecule has 0 aliphatic carbocycles. The summed E-state index contributed by atoms with van der Waals surface area (Å²) in [6.07, 6.45) is 0. The highest BCUT2D eigenvalue weighted by Gasteiger charge is 2.31. The first-order chi connectivity index (χ1) is 13.1. The van der Waals surface area contributed by atoms with Gasteiger partial charge in [0.25, 0.3) is 0 Å². The average molecular weight is 410 g/mol. The Morgan fingerprint density at radius 2 is 1.89 bits per heavy atom. The van der Waals surface area contributed by atoms with E-state index in [2.05, 4.69) is 43.2 Å². The molecular formula is C20H35N5O2S. The van der Waals surface area contributed by atoms with Crippen molar-refractivity contribution in [2.24, 2.45) is 10.9 Å². The monoisotopic (exact) mass is 409 g/mol. The lowest BCUT2D eigenvalue weighted by molar-refractivity contribution is 0.265. The standard InChI is InChI=1S/C20H35N5O2S/c1-7-21-20(23-19-14-25(15(2)3)13-16(19)4)22-12-17-8-10-18(11-9-17)28(26,27)24(5)6/h8-11,15-16,19H,7,12-14H2,1-6H3,(H2,21,22,23). The summed E-state index contributed by atoms with van der Waals surface area (Å²) < 4.78 is 25.6. The summed E-state index contributed by atoms with van der Waals surface area (Å²) >= 11 is 0. The van der Waals surface area contributed by atoms with Crippen molar-refractivity contribution in [3.8, 4) is 0 Å². The predicted molar refractivity (Wildman–Crippen MR) is 115 cm³/mol. The van der Waals surface area contributed by atoms with Gasteiger partial charge in [-0.25, -0.2) is 17.7 Å². The van der Waals surface area contributed by atoms with Gasteiger partial charge in [-0.05, 0) is 44.4 Å². The second kappa shape index (κ2) is 9.71. The lowest BCUT2D eigenvalue weighted by Gasteiger charge is -2.22. The number of benzene rings is 1. The van der Waals surface area contributed by atoms with Crippen LogP contribution in [0.5, 0.6) is 0 Å². The van der Waals surface area contributed by atoms with E-state index in [0.717, 1.165) is 31.2 Å². The zero-order valence-corrected chi connectivity index (χ0v) is 18.8. The molecule has 2 rings (SSSR count). The molecule has 28 heavy (non-hydrogen) atoms. The third-order valence-corrected chi connectivity index (χ3v) is 6.99. The first-order valence-corrected chi connectivity index (χ1v) is 11.4. The average Bonchev–Trinajstić information content (AvgIpc) is 3.01. The number of sulfonamides is 1. The number of likely N-dealkylation sites (tertiary alicyclic amines) is 1. The smallest absolute Gasteiger partial charge is 0.242 e. The molecule has 1 heterocycles. The lowest BCUT2D eigenvalue weighted by Crippen LogP contribution is -2.46. The second-order valence-corrected chi connectivity index (χ2v) is 10.1. The summed E-state index contributed by atoms with van der Waals surface area (Å²) in [5.41, 5.74) is 0.971. The summed E-state index contributed by atoms with van der Waals surface area (Å²) in [4.78, 5) is 7.47. The maximum absolute atomic E-state index is 12.2. The van der Waals surface area contributed by atoms with E-state index in [1.807, 2.05) is 12.1 Å². The molecule has 8 heteroatoms. The van der Waals surface area contributed by atoms with E-state index < -0.39 is 10.0 Å². The summed E-state index contributed by atoms with van der Waals surface area (Å²) in [5, 5.41) is 6.88. The minimum absolute atomic E-state index is 0.295. The maximum atomic E-state index is 12.2. The van der Waals surface area contributed by atoms with Gasteiger partial charge in [-0.15, -0.1) is 0 Å². The number of aliphatic imine (C=N–C) groups is 1. The van der Waals surface area contributed by atoms with Crippen molar-refractivity contribution in [1.82, 2.24) is 19.8 Å². The largest absolute Gasteiger partial charge is 0.357 e. The molecule has 0 saturated carbocycles. The summed E-state index contributed by atoms with van der Waals surface area (Å²) in [6, 6.07) is 7.84. The molecule has 1 saturated heterocycles. The Morgan fingerprint density at radius 3 is 2.39 bits per heavy atom. The Morgan fingerprint density at radius 1 is 1.25 bits per heavy atom. The van der Waals surface area contributed by atoms with Gasteiger partial charge in [-0.1, -0.05) is 19.1 Å². The van der Waals surface area contributed by atoms with E-state index in [9.17, 15) is 8.42 Å². The number of hydrogen-bond acceptors (Lipinski definition) is 4. The first-order valence-electron chi connectivity index (χ1n) is 9.95. The Labute approximate surface area is 170 Å². The van der Waals surface area contributed by atoms with Crippen LogP contribution in [0, 0.1) is 5.92 Å². The fourth-order valence-corrected chi connectivity index (χ4v) is 4.16. The van der Waals surface area contributed by atoms with Crippen LogP contribution in [0.15, 0.2) is 34.2 Å². The number of guanidine groups is 1. The van der Waals surface area contributed by atoms with E-state index in [4.69, 9.17) is 4.99 Å². The van der Waals surface area contributed by atoms with Crippen LogP contribution in [0.4, 0.5) is 0 Å². The molecule has 2 atom stereocenters. The highest BCUT2D eigenvalue weighted by molar-refractivity contribution is 7.89. The fourth-order valence-electron chi connectivity index (χ4n) is 3.26. The summed E-state index contributed by atoms with van der Waals surface area (Å²) in [6.45, 7) is 12.2. The van der Waals surface area contributed by atoms with Crippen LogP contribution in [0.3, 0.4) is 0 Å². The van der Waals surface area contributed by atoms with Crippen molar-refractivity contribution in [3.63, 3.8) is 0 Å². The molecule has 2 N–H and O–H groups in total. The van der Waals surface area contributed by atoms with Gasteiger partial charge in [0.2, 0.25) is 10.0 Å². The molecule has 1 aliphatic rings. The molecule has 7 nitrogen and oxygen atoms in total. The predicted octanol–water partition coefficient (Wildman–Crippen LogP) is 1.72. The number of hydrogen-bond donors (Lipinski definition) is 2.